The molecule has 1 aromatic heterocycles. The van der Waals surface area contributed by atoms with Crippen LogP contribution in [0.4, 0.5) is 11.6 Å². The van der Waals surface area contributed by atoms with Crippen LogP contribution >= 0.6 is 23.4 Å². The molecule has 1 saturated carbocycles. The Labute approximate surface area is 179 Å². The van der Waals surface area contributed by atoms with Crippen molar-refractivity contribution in [3.8, 4) is 6.07 Å². The number of thioether (sulfide) groups is 1. The highest BCUT2D eigenvalue weighted by Crippen LogP contribution is 2.42. The molecule has 2 aromatic rings. The minimum atomic E-state index is -0.347. The Morgan fingerprint density at radius 2 is 2.07 bits per heavy atom. The molecule has 1 atom stereocenters. The number of nitrogens with one attached hydrogen (secondary N) is 1. The SMILES string of the molecule is C[C@@H](Sc1nnc(N2CCCCC2)n1C1CC1)C(=O)Nc1ccc(C#N)c(Cl)c1. The number of rotatable bonds is 6. The van der Waals surface area contributed by atoms with Gasteiger partial charge in [-0.2, -0.15) is 5.26 Å². The first-order chi connectivity index (χ1) is 14.1. The van der Waals surface area contributed by atoms with Gasteiger partial charge in [-0.1, -0.05) is 23.4 Å². The van der Waals surface area contributed by atoms with E-state index in [1.807, 2.05) is 13.0 Å². The van der Waals surface area contributed by atoms with E-state index >= 15 is 0 Å². The predicted molar refractivity (Wildman–Crippen MR) is 114 cm³/mol. The monoisotopic (exact) mass is 430 g/mol. The highest BCUT2D eigenvalue weighted by Gasteiger charge is 2.33. The van der Waals surface area contributed by atoms with Crippen molar-refractivity contribution in [3.63, 3.8) is 0 Å². The number of piperidine rings is 1. The van der Waals surface area contributed by atoms with E-state index in [1.165, 1.54) is 31.0 Å². The maximum Gasteiger partial charge on any atom is 0.237 e. The van der Waals surface area contributed by atoms with Crippen LogP contribution in [0.15, 0.2) is 23.4 Å². The van der Waals surface area contributed by atoms with Crippen LogP contribution in [0.5, 0.6) is 0 Å². The lowest BCUT2D eigenvalue weighted by Crippen LogP contribution is -2.32. The number of nitrogens with zero attached hydrogens (tertiary/aromatic N) is 5. The van der Waals surface area contributed by atoms with E-state index in [2.05, 4.69) is 25.0 Å². The molecule has 0 bridgehead atoms. The molecule has 0 radical (unpaired) electrons. The summed E-state index contributed by atoms with van der Waals surface area (Å²) in [5.41, 5.74) is 0.957. The van der Waals surface area contributed by atoms with Crippen molar-refractivity contribution in [3.05, 3.63) is 28.8 Å². The zero-order chi connectivity index (χ0) is 20.4. The van der Waals surface area contributed by atoms with Crippen molar-refractivity contribution in [2.75, 3.05) is 23.3 Å². The second kappa shape index (κ2) is 8.64. The largest absolute Gasteiger partial charge is 0.341 e. The van der Waals surface area contributed by atoms with Gasteiger partial charge in [-0.05, 0) is 57.2 Å². The smallest absolute Gasteiger partial charge is 0.237 e. The van der Waals surface area contributed by atoms with Crippen LogP contribution < -0.4 is 10.2 Å². The Bertz CT molecular complexity index is 945. The molecule has 2 aliphatic rings. The number of carbonyl (C=O) groups excluding carboxylic acids is 1. The number of hydrogen-bond donors (Lipinski definition) is 1. The van der Waals surface area contributed by atoms with E-state index in [9.17, 15) is 4.79 Å². The number of amides is 1. The highest BCUT2D eigenvalue weighted by molar-refractivity contribution is 8.00. The standard InChI is InChI=1S/C20H23ClN6OS/c1-13(18(28)23-15-6-5-14(12-22)17(21)11-15)29-20-25-24-19(27(20)16-7-8-16)26-9-3-2-4-10-26/h5-6,11,13,16H,2-4,7-10H2,1H3,(H,23,28)/t13-/m1/s1. The third kappa shape index (κ3) is 4.51. The second-order valence-corrected chi connectivity index (χ2v) is 9.20. The quantitative estimate of drug-likeness (QED) is 0.689. The molecule has 7 nitrogen and oxygen atoms in total. The van der Waals surface area contributed by atoms with Gasteiger partial charge in [-0.25, -0.2) is 0 Å². The van der Waals surface area contributed by atoms with Crippen LogP contribution in [0.3, 0.4) is 0 Å². The molecular formula is C20H23ClN6OS. The summed E-state index contributed by atoms with van der Waals surface area (Å²) in [4.78, 5) is 15.0. The first kappa shape index (κ1) is 20.0. The van der Waals surface area contributed by atoms with Gasteiger partial charge in [0.1, 0.15) is 6.07 Å². The average Bonchev–Trinajstić information content (AvgIpc) is 3.48. The molecule has 0 spiro atoms. The number of hydrogen-bond acceptors (Lipinski definition) is 6. The Morgan fingerprint density at radius 3 is 2.72 bits per heavy atom. The summed E-state index contributed by atoms with van der Waals surface area (Å²) < 4.78 is 2.22. The first-order valence-corrected chi connectivity index (χ1v) is 11.2. The van der Waals surface area contributed by atoms with Crippen molar-refractivity contribution < 1.29 is 4.79 Å². The number of anilines is 2. The van der Waals surface area contributed by atoms with E-state index in [1.54, 1.807) is 18.2 Å². The van der Waals surface area contributed by atoms with Crippen LogP contribution in [-0.2, 0) is 4.79 Å². The fraction of sp³-hybridized carbons (Fsp3) is 0.500. The fourth-order valence-electron chi connectivity index (χ4n) is 3.45. The zero-order valence-electron chi connectivity index (χ0n) is 16.3. The molecule has 1 aliphatic carbocycles. The topological polar surface area (TPSA) is 86.8 Å². The third-order valence-corrected chi connectivity index (χ3v) is 6.58. The van der Waals surface area contributed by atoms with Gasteiger partial charge in [0.2, 0.25) is 11.9 Å². The Hall–Kier alpha value is -2.24. The maximum absolute atomic E-state index is 12.7. The lowest BCUT2D eigenvalue weighted by Gasteiger charge is -2.28. The second-order valence-electron chi connectivity index (χ2n) is 7.49. The maximum atomic E-state index is 12.7. The normalized spacial score (nSPS) is 17.6. The molecule has 1 saturated heterocycles. The summed E-state index contributed by atoms with van der Waals surface area (Å²) in [5.74, 6) is 0.807. The predicted octanol–water partition coefficient (Wildman–Crippen LogP) is 4.25. The third-order valence-electron chi connectivity index (χ3n) is 5.21. The first-order valence-electron chi connectivity index (χ1n) is 9.94. The van der Waals surface area contributed by atoms with Crippen LogP contribution in [0.2, 0.25) is 5.02 Å². The highest BCUT2D eigenvalue weighted by atomic mass is 35.5. The van der Waals surface area contributed by atoms with E-state index in [-0.39, 0.29) is 11.2 Å². The van der Waals surface area contributed by atoms with Crippen molar-refractivity contribution in [1.82, 2.24) is 14.8 Å². The van der Waals surface area contributed by atoms with Crippen molar-refractivity contribution in [2.24, 2.45) is 0 Å². The summed E-state index contributed by atoms with van der Waals surface area (Å²) in [5, 5.41) is 21.5. The molecule has 2 fully saturated rings. The molecule has 2 heterocycles. The molecule has 0 unspecified atom stereocenters. The summed E-state index contributed by atoms with van der Waals surface area (Å²) >= 11 is 7.48. The van der Waals surface area contributed by atoms with Gasteiger partial charge in [0, 0.05) is 24.8 Å². The molecule has 29 heavy (non-hydrogen) atoms. The van der Waals surface area contributed by atoms with Crippen LogP contribution in [0.1, 0.15) is 50.6 Å². The number of carbonyl (C=O) groups is 1. The summed E-state index contributed by atoms with van der Waals surface area (Å²) in [6, 6.07) is 7.33. The Kier molecular flexibility index (Phi) is 5.97. The van der Waals surface area contributed by atoms with Gasteiger partial charge < -0.3 is 10.2 Å². The van der Waals surface area contributed by atoms with E-state index in [4.69, 9.17) is 16.9 Å². The number of aromatic nitrogens is 3. The van der Waals surface area contributed by atoms with Gasteiger partial charge in [0.05, 0.1) is 15.8 Å². The molecule has 9 heteroatoms. The zero-order valence-corrected chi connectivity index (χ0v) is 17.8. The van der Waals surface area contributed by atoms with Gasteiger partial charge in [0.25, 0.3) is 0 Å². The van der Waals surface area contributed by atoms with Crippen molar-refractivity contribution in [1.29, 1.82) is 5.26 Å². The average molecular weight is 431 g/mol. The van der Waals surface area contributed by atoms with Gasteiger partial charge in [0.15, 0.2) is 5.16 Å². The molecule has 1 aliphatic heterocycles. The molecule has 1 aromatic carbocycles. The molecule has 1 N–H and O–H groups in total. The van der Waals surface area contributed by atoms with Crippen LogP contribution in [-0.4, -0.2) is 39.0 Å². The summed E-state index contributed by atoms with van der Waals surface area (Å²) in [6.45, 7) is 3.90. The molecule has 1 amide bonds. The summed E-state index contributed by atoms with van der Waals surface area (Å²) in [6.07, 6.45) is 5.91. The lowest BCUT2D eigenvalue weighted by molar-refractivity contribution is -0.115. The molecular weight excluding hydrogens is 408 g/mol. The minimum Gasteiger partial charge on any atom is -0.341 e. The van der Waals surface area contributed by atoms with Gasteiger partial charge >= 0.3 is 0 Å². The van der Waals surface area contributed by atoms with Crippen molar-refractivity contribution in [2.45, 2.75) is 55.5 Å². The fourth-order valence-corrected chi connectivity index (χ4v) is 4.59. The van der Waals surface area contributed by atoms with Crippen LogP contribution in [0.25, 0.3) is 0 Å². The van der Waals surface area contributed by atoms with Gasteiger partial charge in [-0.3, -0.25) is 9.36 Å². The minimum absolute atomic E-state index is 0.138. The van der Waals surface area contributed by atoms with E-state index in [0.29, 0.717) is 22.3 Å². The number of nitriles is 1. The number of benzene rings is 1. The Morgan fingerprint density at radius 1 is 1.31 bits per heavy atom. The lowest BCUT2D eigenvalue weighted by atomic mass is 10.1. The van der Waals surface area contributed by atoms with E-state index in [0.717, 1.165) is 37.0 Å². The van der Waals surface area contributed by atoms with Crippen molar-refractivity contribution >= 4 is 40.9 Å². The Balaban J connectivity index is 1.46. The number of halogens is 1. The van der Waals surface area contributed by atoms with E-state index < -0.39 is 0 Å². The molecule has 4 rings (SSSR count). The molecule has 152 valence electrons. The van der Waals surface area contributed by atoms with Crippen LogP contribution in [0, 0.1) is 11.3 Å². The van der Waals surface area contributed by atoms with Gasteiger partial charge in [-0.15, -0.1) is 10.2 Å². The summed E-state index contributed by atoms with van der Waals surface area (Å²) in [7, 11) is 0.